The highest BCUT2D eigenvalue weighted by atomic mass is 19.2. The maximum atomic E-state index is 13.2. The second kappa shape index (κ2) is 7.63. The lowest BCUT2D eigenvalue weighted by atomic mass is 10.1. The van der Waals surface area contributed by atoms with Gasteiger partial charge in [0.05, 0.1) is 0 Å². The van der Waals surface area contributed by atoms with Gasteiger partial charge in [0.25, 0.3) is 11.3 Å². The van der Waals surface area contributed by atoms with Gasteiger partial charge in [0.15, 0.2) is 11.6 Å². The van der Waals surface area contributed by atoms with Crippen molar-refractivity contribution < 1.29 is 18.1 Å². The van der Waals surface area contributed by atoms with Crippen LogP contribution in [-0.4, -0.2) is 20.6 Å². The number of aromatic nitrogens is 3. The molecule has 4 rings (SSSR count). The van der Waals surface area contributed by atoms with E-state index in [9.17, 15) is 18.4 Å². The molecule has 0 saturated heterocycles. The van der Waals surface area contributed by atoms with E-state index in [4.69, 9.17) is 4.52 Å². The Bertz CT molecular complexity index is 1250. The van der Waals surface area contributed by atoms with Crippen LogP contribution in [0.4, 0.5) is 14.5 Å². The van der Waals surface area contributed by atoms with Gasteiger partial charge in [-0.1, -0.05) is 35.5 Å². The first-order valence-electron chi connectivity index (χ1n) is 8.68. The van der Waals surface area contributed by atoms with Crippen LogP contribution in [0.5, 0.6) is 0 Å². The van der Waals surface area contributed by atoms with Crippen molar-refractivity contribution in [3.63, 3.8) is 0 Å². The molecule has 1 amide bonds. The second-order valence-corrected chi connectivity index (χ2v) is 6.25. The Balaban J connectivity index is 1.54. The molecule has 29 heavy (non-hydrogen) atoms. The summed E-state index contributed by atoms with van der Waals surface area (Å²) in [6.07, 6.45) is 1.20. The Kier molecular flexibility index (Phi) is 4.86. The number of anilines is 1. The molecule has 0 radical (unpaired) electrons. The van der Waals surface area contributed by atoms with Gasteiger partial charge in [-0.15, -0.1) is 0 Å². The summed E-state index contributed by atoms with van der Waals surface area (Å²) < 4.78 is 32.6. The predicted octanol–water partition coefficient (Wildman–Crippen LogP) is 3.36. The number of hydrogen-bond donors (Lipinski definition) is 1. The monoisotopic (exact) mass is 396 g/mol. The lowest BCUT2D eigenvalue weighted by Crippen LogP contribution is -2.23. The van der Waals surface area contributed by atoms with Gasteiger partial charge in [0.1, 0.15) is 17.4 Å². The predicted molar refractivity (Wildman–Crippen MR) is 101 cm³/mol. The number of nitrogens with one attached hydrogen (secondary N) is 1. The first kappa shape index (κ1) is 18.5. The van der Waals surface area contributed by atoms with Crippen LogP contribution in [0.3, 0.4) is 0 Å². The Morgan fingerprint density at radius 1 is 1.10 bits per heavy atom. The smallest absolute Gasteiger partial charge is 0.266 e. The third-order valence-corrected chi connectivity index (χ3v) is 4.29. The van der Waals surface area contributed by atoms with E-state index in [1.54, 1.807) is 12.1 Å². The summed E-state index contributed by atoms with van der Waals surface area (Å²) in [4.78, 5) is 29.0. The number of hydrogen-bond acceptors (Lipinski definition) is 5. The molecule has 0 spiro atoms. The number of carbonyl (C=O) groups excluding carboxylic acids is 1. The fourth-order valence-corrected chi connectivity index (χ4v) is 2.85. The van der Waals surface area contributed by atoms with Gasteiger partial charge in [-0.25, -0.2) is 13.8 Å². The minimum Gasteiger partial charge on any atom is -0.335 e. The zero-order chi connectivity index (χ0) is 20.4. The van der Waals surface area contributed by atoms with E-state index < -0.39 is 23.1 Å². The van der Waals surface area contributed by atoms with Crippen LogP contribution in [0.15, 0.2) is 64.2 Å². The third kappa shape index (κ3) is 3.75. The first-order chi connectivity index (χ1) is 14.0. The summed E-state index contributed by atoms with van der Waals surface area (Å²) in [5.74, 6) is -2.52. The SMILES string of the molecule is O=C(CCn1cnc2onc(-c3ccccc3)c2c1=O)Nc1ccc(F)c(F)c1. The van der Waals surface area contributed by atoms with Crippen molar-refractivity contribution in [2.45, 2.75) is 13.0 Å². The Morgan fingerprint density at radius 2 is 1.90 bits per heavy atom. The molecule has 2 heterocycles. The Labute approximate surface area is 162 Å². The van der Waals surface area contributed by atoms with E-state index >= 15 is 0 Å². The van der Waals surface area contributed by atoms with Crippen LogP contribution in [0.2, 0.25) is 0 Å². The Morgan fingerprint density at radius 3 is 2.66 bits per heavy atom. The fourth-order valence-electron chi connectivity index (χ4n) is 2.85. The topological polar surface area (TPSA) is 90.0 Å². The molecule has 0 unspecified atom stereocenters. The standard InChI is InChI=1S/C20H14F2N4O3/c21-14-7-6-13(10-15(14)22)24-16(27)8-9-26-11-23-19-17(20(26)28)18(25-29-19)12-4-2-1-3-5-12/h1-7,10-11H,8-9H2,(H,24,27). The van der Waals surface area contributed by atoms with Crippen LogP contribution in [0.25, 0.3) is 22.4 Å². The van der Waals surface area contributed by atoms with Gasteiger partial charge in [-0.05, 0) is 12.1 Å². The number of nitrogens with zero attached hydrogens (tertiary/aromatic N) is 3. The Hall–Kier alpha value is -3.88. The summed E-state index contributed by atoms with van der Waals surface area (Å²) in [7, 11) is 0. The molecule has 146 valence electrons. The summed E-state index contributed by atoms with van der Waals surface area (Å²) in [5, 5.41) is 6.62. The van der Waals surface area contributed by atoms with Crippen molar-refractivity contribution in [2.24, 2.45) is 0 Å². The van der Waals surface area contributed by atoms with Crippen molar-refractivity contribution in [1.29, 1.82) is 0 Å². The minimum atomic E-state index is -1.06. The van der Waals surface area contributed by atoms with E-state index in [1.165, 1.54) is 17.0 Å². The van der Waals surface area contributed by atoms with Gasteiger partial charge in [0.2, 0.25) is 5.91 Å². The summed E-state index contributed by atoms with van der Waals surface area (Å²) in [5.41, 5.74) is 0.921. The van der Waals surface area contributed by atoms with Crippen molar-refractivity contribution >= 4 is 22.7 Å². The molecular weight excluding hydrogens is 382 g/mol. The van der Waals surface area contributed by atoms with E-state index in [1.807, 2.05) is 18.2 Å². The maximum Gasteiger partial charge on any atom is 0.266 e. The van der Waals surface area contributed by atoms with Crippen molar-refractivity contribution in [3.8, 4) is 11.3 Å². The van der Waals surface area contributed by atoms with Crippen LogP contribution in [0.1, 0.15) is 6.42 Å². The van der Waals surface area contributed by atoms with Crippen molar-refractivity contribution in [3.05, 3.63) is 76.8 Å². The molecule has 0 aliphatic rings. The molecule has 0 saturated carbocycles. The summed E-state index contributed by atoms with van der Waals surface area (Å²) >= 11 is 0. The van der Waals surface area contributed by atoms with Crippen LogP contribution in [0, 0.1) is 11.6 Å². The van der Waals surface area contributed by atoms with Crippen molar-refractivity contribution in [2.75, 3.05) is 5.32 Å². The van der Waals surface area contributed by atoms with Gasteiger partial charge in [-0.3, -0.25) is 14.2 Å². The van der Waals surface area contributed by atoms with E-state index in [0.29, 0.717) is 11.3 Å². The van der Waals surface area contributed by atoms with E-state index in [-0.39, 0.29) is 29.8 Å². The zero-order valence-corrected chi connectivity index (χ0v) is 14.9. The zero-order valence-electron chi connectivity index (χ0n) is 14.9. The molecule has 7 nitrogen and oxygen atoms in total. The molecule has 2 aromatic heterocycles. The van der Waals surface area contributed by atoms with Crippen LogP contribution in [-0.2, 0) is 11.3 Å². The second-order valence-electron chi connectivity index (χ2n) is 6.25. The number of rotatable bonds is 5. The molecule has 9 heteroatoms. The number of aryl methyl sites for hydroxylation is 1. The number of carbonyl (C=O) groups is 1. The normalized spacial score (nSPS) is 11.0. The highest BCUT2D eigenvalue weighted by molar-refractivity contribution is 5.91. The molecule has 0 aliphatic carbocycles. The maximum absolute atomic E-state index is 13.2. The first-order valence-corrected chi connectivity index (χ1v) is 8.68. The van der Waals surface area contributed by atoms with Gasteiger partial charge in [-0.2, -0.15) is 0 Å². The quantitative estimate of drug-likeness (QED) is 0.559. The average molecular weight is 396 g/mol. The highest BCUT2D eigenvalue weighted by Gasteiger charge is 2.17. The van der Waals surface area contributed by atoms with E-state index in [0.717, 1.165) is 12.1 Å². The van der Waals surface area contributed by atoms with Gasteiger partial charge >= 0.3 is 0 Å². The number of benzene rings is 2. The largest absolute Gasteiger partial charge is 0.335 e. The molecule has 1 N–H and O–H groups in total. The van der Waals surface area contributed by atoms with Crippen LogP contribution >= 0.6 is 0 Å². The minimum absolute atomic E-state index is 0.0384. The molecular formula is C20H14F2N4O3. The summed E-state index contributed by atoms with van der Waals surface area (Å²) in [6, 6.07) is 12.1. The van der Waals surface area contributed by atoms with Gasteiger partial charge in [0, 0.05) is 30.3 Å². The van der Waals surface area contributed by atoms with Crippen molar-refractivity contribution in [1.82, 2.24) is 14.7 Å². The average Bonchev–Trinajstić information content (AvgIpc) is 3.16. The molecule has 0 fully saturated rings. The molecule has 0 bridgehead atoms. The molecule has 2 aromatic carbocycles. The fraction of sp³-hybridized carbons (Fsp3) is 0.100. The lowest BCUT2D eigenvalue weighted by molar-refractivity contribution is -0.116. The molecule has 0 atom stereocenters. The molecule has 0 aliphatic heterocycles. The van der Waals surface area contributed by atoms with E-state index in [2.05, 4.69) is 15.5 Å². The number of halogens is 2. The number of amides is 1. The van der Waals surface area contributed by atoms with Crippen LogP contribution < -0.4 is 10.9 Å². The summed E-state index contributed by atoms with van der Waals surface area (Å²) in [6.45, 7) is 0.0384. The highest BCUT2D eigenvalue weighted by Crippen LogP contribution is 2.23. The third-order valence-electron chi connectivity index (χ3n) is 4.29. The van der Waals surface area contributed by atoms with Gasteiger partial charge < -0.3 is 9.84 Å². The lowest BCUT2D eigenvalue weighted by Gasteiger charge is -2.07. The number of fused-ring (bicyclic) bond motifs is 1. The molecule has 4 aromatic rings.